The zero-order valence-electron chi connectivity index (χ0n) is 8.83. The minimum absolute atomic E-state index is 0.502. The van der Waals surface area contributed by atoms with Gasteiger partial charge in [0.05, 0.1) is 0 Å². The fourth-order valence-electron chi connectivity index (χ4n) is 1.92. The normalized spacial score (nSPS) is 29.0. The Morgan fingerprint density at radius 1 is 1.64 bits per heavy atom. The number of hydrogen-bond donors (Lipinski definition) is 2. The Hall–Kier alpha value is -0.610. The van der Waals surface area contributed by atoms with E-state index in [1.807, 2.05) is 0 Å². The monoisotopic (exact) mass is 200 g/mol. The van der Waals surface area contributed by atoms with Crippen LogP contribution in [0.25, 0.3) is 0 Å². The number of rotatable bonds is 4. The summed E-state index contributed by atoms with van der Waals surface area (Å²) in [6, 6.07) is 0. The first-order valence-corrected chi connectivity index (χ1v) is 5.33. The Balaban J connectivity index is 2.46. The van der Waals surface area contributed by atoms with E-state index < -0.39 is 11.5 Å². The molecule has 0 bridgehead atoms. The standard InChI is InChI=1S/C10H20N2O2/c1-2-3-6-12-7-4-5-10(11,8-12)9(13)14/h2-8,11H2,1H3,(H,13,14). The van der Waals surface area contributed by atoms with Crippen molar-refractivity contribution < 1.29 is 9.90 Å². The number of nitrogens with zero attached hydrogens (tertiary/aromatic N) is 1. The van der Waals surface area contributed by atoms with E-state index >= 15 is 0 Å². The van der Waals surface area contributed by atoms with Gasteiger partial charge in [-0.15, -0.1) is 0 Å². The molecule has 1 unspecified atom stereocenters. The molecule has 0 aromatic heterocycles. The summed E-state index contributed by atoms with van der Waals surface area (Å²) >= 11 is 0. The number of nitrogens with two attached hydrogens (primary N) is 1. The molecular weight excluding hydrogens is 180 g/mol. The maximum absolute atomic E-state index is 10.9. The van der Waals surface area contributed by atoms with Gasteiger partial charge in [-0.2, -0.15) is 0 Å². The molecule has 1 fully saturated rings. The summed E-state index contributed by atoms with van der Waals surface area (Å²) in [5.74, 6) is -0.862. The first kappa shape index (κ1) is 11.5. The van der Waals surface area contributed by atoms with Gasteiger partial charge in [-0.3, -0.25) is 4.79 Å². The Labute approximate surface area is 85.1 Å². The van der Waals surface area contributed by atoms with Crippen LogP contribution in [0.4, 0.5) is 0 Å². The van der Waals surface area contributed by atoms with Crippen molar-refractivity contribution in [3.8, 4) is 0 Å². The van der Waals surface area contributed by atoms with Crippen LogP contribution >= 0.6 is 0 Å². The summed E-state index contributed by atoms with van der Waals surface area (Å²) in [4.78, 5) is 13.1. The Bertz CT molecular complexity index is 208. The lowest BCUT2D eigenvalue weighted by molar-refractivity contribution is -0.145. The van der Waals surface area contributed by atoms with Gasteiger partial charge >= 0.3 is 5.97 Å². The first-order valence-electron chi connectivity index (χ1n) is 5.33. The minimum atomic E-state index is -1.01. The van der Waals surface area contributed by atoms with Crippen LogP contribution < -0.4 is 5.73 Å². The van der Waals surface area contributed by atoms with Gasteiger partial charge in [0.25, 0.3) is 0 Å². The highest BCUT2D eigenvalue weighted by Crippen LogP contribution is 2.19. The molecule has 82 valence electrons. The third-order valence-corrected chi connectivity index (χ3v) is 2.86. The molecule has 1 saturated heterocycles. The number of carboxylic acid groups (broad SMARTS) is 1. The molecule has 1 aliphatic rings. The number of unbranched alkanes of at least 4 members (excludes halogenated alkanes) is 1. The van der Waals surface area contributed by atoms with Gasteiger partial charge in [0.15, 0.2) is 0 Å². The molecule has 0 spiro atoms. The van der Waals surface area contributed by atoms with Crippen molar-refractivity contribution in [3.63, 3.8) is 0 Å². The second-order valence-corrected chi connectivity index (χ2v) is 4.19. The molecule has 0 amide bonds. The van der Waals surface area contributed by atoms with E-state index in [-0.39, 0.29) is 0 Å². The third kappa shape index (κ3) is 2.69. The molecule has 0 aromatic carbocycles. The van der Waals surface area contributed by atoms with Crippen LogP contribution in [-0.4, -0.2) is 41.1 Å². The second kappa shape index (κ2) is 4.75. The van der Waals surface area contributed by atoms with Gasteiger partial charge in [0, 0.05) is 6.54 Å². The lowest BCUT2D eigenvalue weighted by Crippen LogP contribution is -2.59. The van der Waals surface area contributed by atoms with Crippen LogP contribution in [0.3, 0.4) is 0 Å². The van der Waals surface area contributed by atoms with Gasteiger partial charge in [-0.05, 0) is 32.4 Å². The van der Waals surface area contributed by atoms with Crippen LogP contribution in [0.2, 0.25) is 0 Å². The summed E-state index contributed by atoms with van der Waals surface area (Å²) < 4.78 is 0. The Morgan fingerprint density at radius 2 is 2.36 bits per heavy atom. The number of piperidine rings is 1. The molecule has 4 nitrogen and oxygen atoms in total. The maximum atomic E-state index is 10.9. The summed E-state index contributed by atoms with van der Waals surface area (Å²) in [5.41, 5.74) is 4.81. The van der Waals surface area contributed by atoms with Gasteiger partial charge < -0.3 is 15.7 Å². The van der Waals surface area contributed by atoms with Crippen molar-refractivity contribution in [2.24, 2.45) is 5.73 Å². The molecule has 0 aliphatic carbocycles. The molecular formula is C10H20N2O2. The summed E-state index contributed by atoms with van der Waals surface area (Å²) in [5, 5.41) is 8.99. The molecule has 4 heteroatoms. The molecule has 3 N–H and O–H groups in total. The van der Waals surface area contributed by atoms with Crippen molar-refractivity contribution in [2.45, 2.75) is 38.1 Å². The number of carbonyl (C=O) groups is 1. The number of aliphatic carboxylic acids is 1. The van der Waals surface area contributed by atoms with Crippen LogP contribution in [0, 0.1) is 0 Å². The van der Waals surface area contributed by atoms with Crippen molar-refractivity contribution in [2.75, 3.05) is 19.6 Å². The fraction of sp³-hybridized carbons (Fsp3) is 0.900. The van der Waals surface area contributed by atoms with E-state index in [0.29, 0.717) is 13.0 Å². The molecule has 1 rings (SSSR count). The largest absolute Gasteiger partial charge is 0.480 e. The lowest BCUT2D eigenvalue weighted by Gasteiger charge is -2.37. The topological polar surface area (TPSA) is 66.6 Å². The Morgan fingerprint density at radius 3 is 2.93 bits per heavy atom. The molecule has 1 atom stereocenters. The zero-order valence-corrected chi connectivity index (χ0v) is 8.83. The average Bonchev–Trinajstić information content (AvgIpc) is 2.15. The number of carboxylic acids is 1. The van der Waals surface area contributed by atoms with Crippen LogP contribution in [0.5, 0.6) is 0 Å². The molecule has 0 radical (unpaired) electrons. The van der Waals surface area contributed by atoms with Gasteiger partial charge in [-0.1, -0.05) is 13.3 Å². The molecule has 1 aliphatic heterocycles. The highest BCUT2D eigenvalue weighted by molar-refractivity contribution is 5.78. The number of likely N-dealkylation sites (tertiary alicyclic amines) is 1. The predicted molar refractivity (Wildman–Crippen MR) is 55.1 cm³/mol. The van der Waals surface area contributed by atoms with Crippen LogP contribution in [0.1, 0.15) is 32.6 Å². The molecule has 14 heavy (non-hydrogen) atoms. The average molecular weight is 200 g/mol. The summed E-state index contributed by atoms with van der Waals surface area (Å²) in [7, 11) is 0. The smallest absolute Gasteiger partial charge is 0.325 e. The van der Waals surface area contributed by atoms with Crippen molar-refractivity contribution in [1.82, 2.24) is 4.90 Å². The molecule has 1 heterocycles. The van der Waals surface area contributed by atoms with E-state index in [1.54, 1.807) is 0 Å². The van der Waals surface area contributed by atoms with Crippen LogP contribution in [0.15, 0.2) is 0 Å². The molecule has 0 aromatic rings. The van der Waals surface area contributed by atoms with Gasteiger partial charge in [-0.25, -0.2) is 0 Å². The first-order chi connectivity index (χ1) is 6.58. The van der Waals surface area contributed by atoms with Crippen LogP contribution in [-0.2, 0) is 4.79 Å². The number of hydrogen-bond acceptors (Lipinski definition) is 3. The van der Waals surface area contributed by atoms with Gasteiger partial charge in [0.1, 0.15) is 5.54 Å². The van der Waals surface area contributed by atoms with Gasteiger partial charge in [0.2, 0.25) is 0 Å². The van der Waals surface area contributed by atoms with Crippen molar-refractivity contribution in [1.29, 1.82) is 0 Å². The Kier molecular flexibility index (Phi) is 3.89. The van der Waals surface area contributed by atoms with E-state index in [9.17, 15) is 4.79 Å². The van der Waals surface area contributed by atoms with E-state index in [0.717, 1.165) is 32.4 Å². The van der Waals surface area contributed by atoms with E-state index in [1.165, 1.54) is 0 Å². The minimum Gasteiger partial charge on any atom is -0.480 e. The quantitative estimate of drug-likeness (QED) is 0.699. The molecule has 0 saturated carbocycles. The lowest BCUT2D eigenvalue weighted by atomic mass is 9.90. The zero-order chi connectivity index (χ0) is 10.6. The maximum Gasteiger partial charge on any atom is 0.325 e. The summed E-state index contributed by atoms with van der Waals surface area (Å²) in [6.45, 7) is 4.61. The van der Waals surface area contributed by atoms with E-state index in [4.69, 9.17) is 10.8 Å². The predicted octanol–water partition coefficient (Wildman–Crippen LogP) is 0.664. The third-order valence-electron chi connectivity index (χ3n) is 2.86. The highest BCUT2D eigenvalue weighted by atomic mass is 16.4. The SMILES string of the molecule is CCCCN1CCCC(N)(C(=O)O)C1. The van der Waals surface area contributed by atoms with Crippen molar-refractivity contribution in [3.05, 3.63) is 0 Å². The van der Waals surface area contributed by atoms with E-state index in [2.05, 4.69) is 11.8 Å². The van der Waals surface area contributed by atoms with Crippen molar-refractivity contribution >= 4 is 5.97 Å². The highest BCUT2D eigenvalue weighted by Gasteiger charge is 2.38. The fourth-order valence-corrected chi connectivity index (χ4v) is 1.92. The second-order valence-electron chi connectivity index (χ2n) is 4.19. The summed E-state index contributed by atoms with van der Waals surface area (Å²) in [6.07, 6.45) is 3.76.